The van der Waals surface area contributed by atoms with Crippen LogP contribution in [0.1, 0.15) is 12.5 Å². The van der Waals surface area contributed by atoms with E-state index in [0.29, 0.717) is 0 Å². The summed E-state index contributed by atoms with van der Waals surface area (Å²) in [6.45, 7) is 4.14. The summed E-state index contributed by atoms with van der Waals surface area (Å²) in [5.74, 6) is 0.990. The number of aryl methyl sites for hydroxylation is 1. The van der Waals surface area contributed by atoms with E-state index in [-0.39, 0.29) is 6.04 Å². The topological polar surface area (TPSA) is 26.0 Å². The lowest BCUT2D eigenvalue weighted by Gasteiger charge is -2.04. The number of hydrogen-bond donors (Lipinski definition) is 1. The molecule has 1 atom stereocenters. The Bertz CT molecular complexity index is 245. The highest BCUT2D eigenvalue weighted by Gasteiger charge is 1.96. The first kappa shape index (κ1) is 9.62. The van der Waals surface area contributed by atoms with Crippen LogP contribution in [0.3, 0.4) is 0 Å². The molecule has 0 unspecified atom stereocenters. The second kappa shape index (κ2) is 4.53. The van der Waals surface area contributed by atoms with E-state index in [1.54, 1.807) is 0 Å². The minimum absolute atomic E-state index is 0.274. The van der Waals surface area contributed by atoms with E-state index in [1.807, 2.05) is 18.7 Å². The summed E-state index contributed by atoms with van der Waals surface area (Å²) in [5.41, 5.74) is 6.97. The molecule has 1 nitrogen and oxygen atoms in total. The Morgan fingerprint density at radius 1 is 1.50 bits per heavy atom. The second-order valence-corrected chi connectivity index (χ2v) is 4.20. The summed E-state index contributed by atoms with van der Waals surface area (Å²) in [4.78, 5) is 1.31. The van der Waals surface area contributed by atoms with Crippen LogP contribution in [-0.4, -0.2) is 11.8 Å². The van der Waals surface area contributed by atoms with Gasteiger partial charge in [0.25, 0.3) is 0 Å². The van der Waals surface area contributed by atoms with Gasteiger partial charge in [0.15, 0.2) is 0 Å². The van der Waals surface area contributed by atoms with Gasteiger partial charge in [0.1, 0.15) is 0 Å². The van der Waals surface area contributed by atoms with Crippen LogP contribution in [0.15, 0.2) is 29.2 Å². The van der Waals surface area contributed by atoms with Gasteiger partial charge in [-0.1, -0.05) is 17.7 Å². The molecule has 1 aromatic rings. The molecule has 0 radical (unpaired) electrons. The van der Waals surface area contributed by atoms with Crippen LogP contribution >= 0.6 is 11.8 Å². The lowest BCUT2D eigenvalue weighted by Crippen LogP contribution is -2.17. The fraction of sp³-hybridized carbons (Fsp3) is 0.400. The van der Waals surface area contributed by atoms with E-state index in [4.69, 9.17) is 5.73 Å². The zero-order valence-corrected chi connectivity index (χ0v) is 8.40. The predicted octanol–water partition coefficient (Wildman–Crippen LogP) is 2.43. The molecule has 66 valence electrons. The Labute approximate surface area is 78.4 Å². The lowest BCUT2D eigenvalue weighted by atomic mass is 10.2. The summed E-state index contributed by atoms with van der Waals surface area (Å²) in [6, 6.07) is 8.78. The second-order valence-electron chi connectivity index (χ2n) is 3.10. The van der Waals surface area contributed by atoms with Crippen molar-refractivity contribution in [1.29, 1.82) is 0 Å². The van der Waals surface area contributed by atoms with E-state index in [9.17, 15) is 0 Å². The minimum Gasteiger partial charge on any atom is -0.327 e. The number of nitrogens with two attached hydrogens (primary N) is 1. The average Bonchev–Trinajstić information content (AvgIpc) is 2.01. The molecule has 0 amide bonds. The summed E-state index contributed by atoms with van der Waals surface area (Å²) in [5, 5.41) is 0. The van der Waals surface area contributed by atoms with Crippen molar-refractivity contribution in [3.05, 3.63) is 29.8 Å². The van der Waals surface area contributed by atoms with E-state index in [2.05, 4.69) is 31.2 Å². The largest absolute Gasteiger partial charge is 0.327 e. The smallest absolute Gasteiger partial charge is 0.0129 e. The SMILES string of the molecule is Cc1cccc(SC[C@H](C)N)c1. The number of rotatable bonds is 3. The van der Waals surface area contributed by atoms with Gasteiger partial charge in [-0.2, -0.15) is 0 Å². The Morgan fingerprint density at radius 2 is 2.25 bits per heavy atom. The highest BCUT2D eigenvalue weighted by atomic mass is 32.2. The van der Waals surface area contributed by atoms with Crippen LogP contribution in [0.2, 0.25) is 0 Å². The number of hydrogen-bond acceptors (Lipinski definition) is 2. The Morgan fingerprint density at radius 3 is 2.83 bits per heavy atom. The van der Waals surface area contributed by atoms with Gasteiger partial charge >= 0.3 is 0 Å². The van der Waals surface area contributed by atoms with Gasteiger partial charge in [-0.25, -0.2) is 0 Å². The van der Waals surface area contributed by atoms with Crippen molar-refractivity contribution in [3.8, 4) is 0 Å². The molecule has 0 aliphatic carbocycles. The predicted molar refractivity (Wildman–Crippen MR) is 55.6 cm³/mol. The van der Waals surface area contributed by atoms with Crippen LogP contribution in [0, 0.1) is 6.92 Å². The molecule has 2 heteroatoms. The molecule has 0 spiro atoms. The summed E-state index contributed by atoms with van der Waals surface area (Å²) >= 11 is 1.82. The maximum Gasteiger partial charge on any atom is 0.0129 e. The Balaban J connectivity index is 2.52. The van der Waals surface area contributed by atoms with E-state index in [0.717, 1.165) is 5.75 Å². The summed E-state index contributed by atoms with van der Waals surface area (Å²) in [7, 11) is 0. The van der Waals surface area contributed by atoms with Crippen LogP contribution in [0.5, 0.6) is 0 Å². The third-order valence-electron chi connectivity index (χ3n) is 1.50. The first-order valence-corrected chi connectivity index (χ1v) is 5.12. The van der Waals surface area contributed by atoms with Gasteiger partial charge in [0.05, 0.1) is 0 Å². The minimum atomic E-state index is 0.274. The maximum atomic E-state index is 5.66. The Kier molecular flexibility index (Phi) is 3.63. The molecule has 1 rings (SSSR count). The third kappa shape index (κ3) is 3.28. The maximum absolute atomic E-state index is 5.66. The summed E-state index contributed by atoms with van der Waals surface area (Å²) < 4.78 is 0. The zero-order valence-electron chi connectivity index (χ0n) is 7.58. The van der Waals surface area contributed by atoms with Crippen LogP contribution in [0.4, 0.5) is 0 Å². The highest BCUT2D eigenvalue weighted by Crippen LogP contribution is 2.18. The van der Waals surface area contributed by atoms with Gasteiger partial charge in [0, 0.05) is 16.7 Å². The molecule has 0 saturated heterocycles. The molecule has 12 heavy (non-hydrogen) atoms. The average molecular weight is 181 g/mol. The van der Waals surface area contributed by atoms with Gasteiger partial charge in [-0.15, -0.1) is 11.8 Å². The van der Waals surface area contributed by atoms with Crippen molar-refractivity contribution in [2.75, 3.05) is 5.75 Å². The fourth-order valence-corrected chi connectivity index (χ4v) is 1.83. The van der Waals surface area contributed by atoms with E-state index >= 15 is 0 Å². The molecule has 0 aliphatic rings. The molecule has 2 N–H and O–H groups in total. The van der Waals surface area contributed by atoms with Crippen molar-refractivity contribution in [3.63, 3.8) is 0 Å². The highest BCUT2D eigenvalue weighted by molar-refractivity contribution is 7.99. The van der Waals surface area contributed by atoms with Gasteiger partial charge in [-0.3, -0.25) is 0 Å². The number of benzene rings is 1. The molecular weight excluding hydrogens is 166 g/mol. The monoisotopic (exact) mass is 181 g/mol. The van der Waals surface area contributed by atoms with Crippen LogP contribution < -0.4 is 5.73 Å². The lowest BCUT2D eigenvalue weighted by molar-refractivity contribution is 0.847. The van der Waals surface area contributed by atoms with Gasteiger partial charge in [0.2, 0.25) is 0 Å². The summed E-state index contributed by atoms with van der Waals surface area (Å²) in [6.07, 6.45) is 0. The Hall–Kier alpha value is -0.470. The molecule has 0 aliphatic heterocycles. The van der Waals surface area contributed by atoms with Crippen molar-refractivity contribution in [2.45, 2.75) is 24.8 Å². The molecule has 0 fully saturated rings. The normalized spacial score (nSPS) is 12.9. The molecule has 0 aromatic heterocycles. The standard InChI is InChI=1S/C10H15NS/c1-8-4-3-5-10(6-8)12-7-9(2)11/h3-6,9H,7,11H2,1-2H3/t9-/m0/s1. The molecular formula is C10H15NS. The van der Waals surface area contributed by atoms with Crippen LogP contribution in [0.25, 0.3) is 0 Å². The third-order valence-corrected chi connectivity index (χ3v) is 2.78. The van der Waals surface area contributed by atoms with Crippen molar-refractivity contribution >= 4 is 11.8 Å². The molecule has 0 saturated carbocycles. The van der Waals surface area contributed by atoms with E-state index in [1.165, 1.54) is 10.5 Å². The molecule has 0 heterocycles. The molecule has 0 bridgehead atoms. The fourth-order valence-electron chi connectivity index (χ4n) is 0.933. The van der Waals surface area contributed by atoms with Crippen molar-refractivity contribution < 1.29 is 0 Å². The first-order valence-electron chi connectivity index (χ1n) is 4.13. The van der Waals surface area contributed by atoms with Crippen LogP contribution in [-0.2, 0) is 0 Å². The van der Waals surface area contributed by atoms with Crippen molar-refractivity contribution in [1.82, 2.24) is 0 Å². The first-order chi connectivity index (χ1) is 5.68. The van der Waals surface area contributed by atoms with E-state index < -0.39 is 0 Å². The number of thioether (sulfide) groups is 1. The van der Waals surface area contributed by atoms with Crippen molar-refractivity contribution in [2.24, 2.45) is 5.73 Å². The van der Waals surface area contributed by atoms with Gasteiger partial charge < -0.3 is 5.73 Å². The van der Waals surface area contributed by atoms with Gasteiger partial charge in [-0.05, 0) is 26.0 Å². The quantitative estimate of drug-likeness (QED) is 0.725. The molecule has 1 aromatic carbocycles. The zero-order chi connectivity index (χ0) is 8.97.